The van der Waals surface area contributed by atoms with Gasteiger partial charge in [0.1, 0.15) is 11.9 Å². The summed E-state index contributed by atoms with van der Waals surface area (Å²) in [5.74, 6) is 0. The van der Waals surface area contributed by atoms with Gasteiger partial charge in [-0.1, -0.05) is 18.2 Å². The topological polar surface area (TPSA) is 50.4 Å². The van der Waals surface area contributed by atoms with Crippen LogP contribution in [0.25, 0.3) is 11.0 Å². The van der Waals surface area contributed by atoms with Crippen molar-refractivity contribution in [1.82, 2.24) is 0 Å². The highest BCUT2D eigenvalue weighted by atomic mass is 16.3. The fourth-order valence-corrected chi connectivity index (χ4v) is 1.47. The first kappa shape index (κ1) is 8.97. The van der Waals surface area contributed by atoms with Crippen molar-refractivity contribution >= 4 is 17.3 Å². The largest absolute Gasteiger partial charge is 0.464 e. The van der Waals surface area contributed by atoms with E-state index in [-0.39, 0.29) is 6.42 Å². The van der Waals surface area contributed by atoms with Crippen LogP contribution in [-0.2, 0) is 4.79 Å². The molecule has 2 aromatic rings. The quantitative estimate of drug-likeness (QED) is 0.753. The molecule has 1 aromatic carbocycles. The van der Waals surface area contributed by atoms with E-state index in [1.165, 1.54) is 6.26 Å². The summed E-state index contributed by atoms with van der Waals surface area (Å²) in [6.07, 6.45) is 1.53. The zero-order valence-electron chi connectivity index (χ0n) is 7.51. The molecule has 0 amide bonds. The number of carbonyl (C=O) groups is 1. The van der Waals surface area contributed by atoms with Gasteiger partial charge in [-0.2, -0.15) is 0 Å². The number of furan rings is 1. The first-order valence-electron chi connectivity index (χ1n) is 4.40. The molecule has 1 aromatic heterocycles. The van der Waals surface area contributed by atoms with E-state index in [1.54, 1.807) is 0 Å². The van der Waals surface area contributed by atoms with E-state index in [0.717, 1.165) is 11.0 Å². The predicted octanol–water partition coefficient (Wildman–Crippen LogP) is 2.06. The van der Waals surface area contributed by atoms with Crippen LogP contribution < -0.4 is 0 Å². The Morgan fingerprint density at radius 3 is 3.00 bits per heavy atom. The molecular formula is C11H10O3. The van der Waals surface area contributed by atoms with E-state index in [2.05, 4.69) is 0 Å². The van der Waals surface area contributed by atoms with Gasteiger partial charge >= 0.3 is 0 Å². The van der Waals surface area contributed by atoms with Crippen LogP contribution in [0.3, 0.4) is 0 Å². The molecule has 2 rings (SSSR count). The first-order chi connectivity index (χ1) is 6.83. The molecule has 72 valence electrons. The number of hydrogen-bond donors (Lipinski definition) is 1. The second-order valence-electron chi connectivity index (χ2n) is 3.11. The maximum Gasteiger partial charge on any atom is 0.134 e. The van der Waals surface area contributed by atoms with Crippen molar-refractivity contribution < 1.29 is 14.3 Å². The van der Waals surface area contributed by atoms with Crippen molar-refractivity contribution in [3.8, 4) is 0 Å². The Balaban J connectivity index is 2.47. The molecule has 0 aliphatic heterocycles. The molecule has 0 saturated carbocycles. The number of fused-ring (bicyclic) bond motifs is 1. The van der Waals surface area contributed by atoms with Crippen molar-refractivity contribution in [2.45, 2.75) is 12.5 Å². The van der Waals surface area contributed by atoms with Crippen LogP contribution in [0.4, 0.5) is 0 Å². The van der Waals surface area contributed by atoms with Crippen LogP contribution in [0, 0.1) is 0 Å². The Bertz CT molecular complexity index is 444. The normalized spacial score (nSPS) is 12.9. The maximum absolute atomic E-state index is 10.3. The van der Waals surface area contributed by atoms with E-state index in [4.69, 9.17) is 4.42 Å². The highest BCUT2D eigenvalue weighted by molar-refractivity contribution is 5.81. The van der Waals surface area contributed by atoms with E-state index >= 15 is 0 Å². The number of aliphatic hydroxyl groups is 1. The van der Waals surface area contributed by atoms with Gasteiger partial charge in [0.05, 0.1) is 12.4 Å². The summed E-state index contributed by atoms with van der Waals surface area (Å²) in [6, 6.07) is 7.42. The molecule has 0 aliphatic carbocycles. The van der Waals surface area contributed by atoms with E-state index in [9.17, 15) is 9.90 Å². The summed E-state index contributed by atoms with van der Waals surface area (Å²) in [5, 5.41) is 10.5. The molecule has 0 aliphatic rings. The van der Waals surface area contributed by atoms with Crippen LogP contribution in [0.15, 0.2) is 34.9 Å². The summed E-state index contributed by atoms with van der Waals surface area (Å²) in [5.41, 5.74) is 1.40. The van der Waals surface area contributed by atoms with E-state index in [0.29, 0.717) is 11.8 Å². The molecule has 0 bridgehead atoms. The summed E-state index contributed by atoms with van der Waals surface area (Å²) >= 11 is 0. The maximum atomic E-state index is 10.3. The molecule has 0 spiro atoms. The molecule has 1 unspecified atom stereocenters. The third kappa shape index (κ3) is 1.42. The number of para-hydroxylation sites is 1. The van der Waals surface area contributed by atoms with Crippen LogP contribution in [0.1, 0.15) is 18.1 Å². The summed E-state index contributed by atoms with van der Waals surface area (Å²) in [4.78, 5) is 10.3. The van der Waals surface area contributed by atoms with Gasteiger partial charge in [0, 0.05) is 17.4 Å². The third-order valence-corrected chi connectivity index (χ3v) is 2.19. The fraction of sp³-hybridized carbons (Fsp3) is 0.182. The fourth-order valence-electron chi connectivity index (χ4n) is 1.47. The minimum atomic E-state index is -0.767. The van der Waals surface area contributed by atoms with Crippen molar-refractivity contribution in [3.63, 3.8) is 0 Å². The Labute approximate surface area is 81.0 Å². The van der Waals surface area contributed by atoms with Gasteiger partial charge < -0.3 is 14.3 Å². The van der Waals surface area contributed by atoms with Gasteiger partial charge in [0.25, 0.3) is 0 Å². The molecule has 3 nitrogen and oxygen atoms in total. The molecule has 14 heavy (non-hydrogen) atoms. The number of hydrogen-bond acceptors (Lipinski definition) is 3. The lowest BCUT2D eigenvalue weighted by Crippen LogP contribution is -1.96. The molecular weight excluding hydrogens is 180 g/mol. The third-order valence-electron chi connectivity index (χ3n) is 2.19. The minimum Gasteiger partial charge on any atom is -0.464 e. The lowest BCUT2D eigenvalue weighted by Gasteiger charge is -2.03. The standard InChI is InChI=1S/C11H10O3/c12-6-5-10(13)9-7-14-11-4-2-1-3-8(9)11/h1-4,6-7,10,13H,5H2. The van der Waals surface area contributed by atoms with Crippen LogP contribution in [-0.4, -0.2) is 11.4 Å². The van der Waals surface area contributed by atoms with Gasteiger partial charge in [-0.05, 0) is 6.07 Å². The van der Waals surface area contributed by atoms with Crippen molar-refractivity contribution in [2.24, 2.45) is 0 Å². The van der Waals surface area contributed by atoms with Crippen molar-refractivity contribution in [2.75, 3.05) is 0 Å². The highest BCUT2D eigenvalue weighted by Gasteiger charge is 2.13. The lowest BCUT2D eigenvalue weighted by molar-refractivity contribution is -0.109. The van der Waals surface area contributed by atoms with Crippen LogP contribution >= 0.6 is 0 Å². The summed E-state index contributed by atoms with van der Waals surface area (Å²) in [7, 11) is 0. The molecule has 0 saturated heterocycles. The number of carbonyl (C=O) groups excluding carboxylic acids is 1. The van der Waals surface area contributed by atoms with Crippen LogP contribution in [0.5, 0.6) is 0 Å². The minimum absolute atomic E-state index is 0.101. The molecule has 0 radical (unpaired) electrons. The summed E-state index contributed by atoms with van der Waals surface area (Å²) < 4.78 is 5.24. The Morgan fingerprint density at radius 1 is 1.43 bits per heavy atom. The second-order valence-corrected chi connectivity index (χ2v) is 3.11. The average Bonchev–Trinajstić information content (AvgIpc) is 2.61. The molecule has 3 heteroatoms. The highest BCUT2D eigenvalue weighted by Crippen LogP contribution is 2.27. The van der Waals surface area contributed by atoms with Gasteiger partial charge in [-0.15, -0.1) is 0 Å². The molecule has 1 heterocycles. The monoisotopic (exact) mass is 190 g/mol. The van der Waals surface area contributed by atoms with Crippen molar-refractivity contribution in [1.29, 1.82) is 0 Å². The first-order valence-corrected chi connectivity index (χ1v) is 4.40. The Kier molecular flexibility index (Phi) is 2.33. The molecule has 0 fully saturated rings. The van der Waals surface area contributed by atoms with Gasteiger partial charge in [0.2, 0.25) is 0 Å². The van der Waals surface area contributed by atoms with Gasteiger partial charge in [-0.25, -0.2) is 0 Å². The average molecular weight is 190 g/mol. The number of benzene rings is 1. The van der Waals surface area contributed by atoms with Gasteiger partial charge in [-0.3, -0.25) is 0 Å². The Morgan fingerprint density at radius 2 is 2.21 bits per heavy atom. The summed E-state index contributed by atoms with van der Waals surface area (Å²) in [6.45, 7) is 0. The molecule has 1 atom stereocenters. The van der Waals surface area contributed by atoms with Crippen LogP contribution in [0.2, 0.25) is 0 Å². The number of aldehydes is 1. The van der Waals surface area contributed by atoms with E-state index in [1.807, 2.05) is 24.3 Å². The second kappa shape index (κ2) is 3.64. The zero-order chi connectivity index (χ0) is 9.97. The van der Waals surface area contributed by atoms with Crippen molar-refractivity contribution in [3.05, 3.63) is 36.1 Å². The van der Waals surface area contributed by atoms with E-state index < -0.39 is 6.10 Å². The zero-order valence-corrected chi connectivity index (χ0v) is 7.51. The molecule has 1 N–H and O–H groups in total. The number of aliphatic hydroxyl groups excluding tert-OH is 1. The smallest absolute Gasteiger partial charge is 0.134 e. The van der Waals surface area contributed by atoms with Gasteiger partial charge in [0.15, 0.2) is 0 Å². The predicted molar refractivity (Wildman–Crippen MR) is 51.9 cm³/mol. The Hall–Kier alpha value is -1.61. The lowest BCUT2D eigenvalue weighted by atomic mass is 10.1. The SMILES string of the molecule is O=CCC(O)c1coc2ccccc12. The number of rotatable bonds is 3.